The lowest BCUT2D eigenvalue weighted by atomic mass is 9.82. The van der Waals surface area contributed by atoms with Gasteiger partial charge in [-0.05, 0) is 38.0 Å². The predicted molar refractivity (Wildman–Crippen MR) is 89.7 cm³/mol. The minimum atomic E-state index is 0.700. The van der Waals surface area contributed by atoms with E-state index in [9.17, 15) is 0 Å². The first-order chi connectivity index (χ1) is 10.2. The van der Waals surface area contributed by atoms with E-state index in [-0.39, 0.29) is 0 Å². The molecule has 124 valence electrons. The molecular formula is C18H36N2O. The molecule has 21 heavy (non-hydrogen) atoms. The first-order valence-corrected chi connectivity index (χ1v) is 9.27. The third-order valence-electron chi connectivity index (χ3n) is 5.42. The molecule has 0 bridgehead atoms. The molecule has 1 saturated heterocycles. The van der Waals surface area contributed by atoms with Crippen molar-refractivity contribution in [3.05, 3.63) is 0 Å². The minimum absolute atomic E-state index is 0.700. The van der Waals surface area contributed by atoms with Gasteiger partial charge in [0, 0.05) is 44.9 Å². The van der Waals surface area contributed by atoms with Crippen LogP contribution < -0.4 is 5.32 Å². The topological polar surface area (TPSA) is 24.5 Å². The largest absolute Gasteiger partial charge is 0.382 e. The molecule has 0 aromatic heterocycles. The van der Waals surface area contributed by atoms with Crippen molar-refractivity contribution in [2.45, 2.75) is 71.4 Å². The number of ether oxygens (including phenoxy) is 1. The predicted octanol–water partition coefficient (Wildman–Crippen LogP) is 3.29. The van der Waals surface area contributed by atoms with E-state index in [1.807, 2.05) is 0 Å². The zero-order valence-electron chi connectivity index (χ0n) is 14.4. The van der Waals surface area contributed by atoms with Crippen LogP contribution in [0.3, 0.4) is 0 Å². The maximum absolute atomic E-state index is 5.52. The van der Waals surface area contributed by atoms with Crippen molar-refractivity contribution in [1.29, 1.82) is 0 Å². The molecule has 0 radical (unpaired) electrons. The summed E-state index contributed by atoms with van der Waals surface area (Å²) in [6, 6.07) is 1.43. The summed E-state index contributed by atoms with van der Waals surface area (Å²) in [5, 5.41) is 3.88. The van der Waals surface area contributed by atoms with E-state index in [4.69, 9.17) is 4.74 Å². The highest BCUT2D eigenvalue weighted by atomic mass is 16.5. The molecule has 2 aliphatic rings. The van der Waals surface area contributed by atoms with Crippen LogP contribution in [0, 0.1) is 11.8 Å². The van der Waals surface area contributed by atoms with Gasteiger partial charge in [0.05, 0.1) is 0 Å². The molecule has 2 rings (SSSR count). The Morgan fingerprint density at radius 1 is 1.19 bits per heavy atom. The van der Waals surface area contributed by atoms with Crippen LogP contribution in [0.4, 0.5) is 0 Å². The Hall–Kier alpha value is -0.120. The summed E-state index contributed by atoms with van der Waals surface area (Å²) in [5.74, 6) is 1.65. The number of hydrogen-bond acceptors (Lipinski definition) is 3. The Labute approximate surface area is 131 Å². The molecule has 0 amide bonds. The summed E-state index contributed by atoms with van der Waals surface area (Å²) in [6.07, 6.45) is 8.40. The van der Waals surface area contributed by atoms with Crippen molar-refractivity contribution >= 4 is 0 Å². The number of nitrogens with one attached hydrogen (secondary N) is 1. The van der Waals surface area contributed by atoms with Crippen LogP contribution in [0.25, 0.3) is 0 Å². The van der Waals surface area contributed by atoms with Gasteiger partial charge >= 0.3 is 0 Å². The third kappa shape index (κ3) is 5.22. The molecule has 1 aliphatic heterocycles. The third-order valence-corrected chi connectivity index (χ3v) is 5.42. The summed E-state index contributed by atoms with van der Waals surface area (Å²) in [5.41, 5.74) is 0. The van der Waals surface area contributed by atoms with Gasteiger partial charge in [-0.1, -0.05) is 33.1 Å². The Bertz CT molecular complexity index is 276. The van der Waals surface area contributed by atoms with Crippen molar-refractivity contribution in [2.24, 2.45) is 11.8 Å². The van der Waals surface area contributed by atoms with E-state index in [0.29, 0.717) is 6.04 Å². The molecule has 1 aliphatic carbocycles. The SMILES string of the molecule is CCOCCCN1CC(C2CCCCC2)NCC1C(C)C. The van der Waals surface area contributed by atoms with Gasteiger partial charge in [-0.25, -0.2) is 0 Å². The van der Waals surface area contributed by atoms with Crippen molar-refractivity contribution in [3.8, 4) is 0 Å². The van der Waals surface area contributed by atoms with Crippen LogP contribution in [0.1, 0.15) is 59.3 Å². The van der Waals surface area contributed by atoms with Crippen LogP contribution in [-0.2, 0) is 4.74 Å². The Morgan fingerprint density at radius 2 is 1.95 bits per heavy atom. The van der Waals surface area contributed by atoms with E-state index in [0.717, 1.165) is 31.1 Å². The average molecular weight is 296 g/mol. The monoisotopic (exact) mass is 296 g/mol. The maximum Gasteiger partial charge on any atom is 0.0478 e. The van der Waals surface area contributed by atoms with Crippen molar-refractivity contribution in [2.75, 3.05) is 32.8 Å². The maximum atomic E-state index is 5.52. The highest BCUT2D eigenvalue weighted by Gasteiger charge is 2.33. The van der Waals surface area contributed by atoms with Crippen LogP contribution in [0.15, 0.2) is 0 Å². The second-order valence-corrected chi connectivity index (χ2v) is 7.27. The fourth-order valence-electron chi connectivity index (χ4n) is 4.13. The van der Waals surface area contributed by atoms with Crippen LogP contribution in [0.2, 0.25) is 0 Å². The first kappa shape index (κ1) is 17.2. The molecule has 2 atom stereocenters. The Kier molecular flexibility index (Phi) is 7.48. The highest BCUT2D eigenvalue weighted by molar-refractivity contribution is 4.91. The summed E-state index contributed by atoms with van der Waals surface area (Å²) < 4.78 is 5.52. The molecule has 3 heteroatoms. The smallest absolute Gasteiger partial charge is 0.0478 e. The van der Waals surface area contributed by atoms with E-state index in [2.05, 4.69) is 31.0 Å². The standard InChI is InChI=1S/C18H36N2O/c1-4-21-12-8-11-20-14-17(16-9-6-5-7-10-16)19-13-18(20)15(2)3/h15-19H,4-14H2,1-3H3. The van der Waals surface area contributed by atoms with Gasteiger partial charge in [-0.15, -0.1) is 0 Å². The molecule has 0 spiro atoms. The van der Waals surface area contributed by atoms with Crippen molar-refractivity contribution in [3.63, 3.8) is 0 Å². The summed E-state index contributed by atoms with van der Waals surface area (Å²) in [7, 11) is 0. The van der Waals surface area contributed by atoms with Gasteiger partial charge in [0.1, 0.15) is 0 Å². The van der Waals surface area contributed by atoms with E-state index in [1.54, 1.807) is 0 Å². The summed E-state index contributed by atoms with van der Waals surface area (Å²) in [6.45, 7) is 12.2. The van der Waals surface area contributed by atoms with Crippen molar-refractivity contribution in [1.82, 2.24) is 10.2 Å². The lowest BCUT2D eigenvalue weighted by molar-refractivity contribution is 0.0592. The molecule has 0 aromatic rings. The Balaban J connectivity index is 1.84. The van der Waals surface area contributed by atoms with Crippen LogP contribution in [0.5, 0.6) is 0 Å². The summed E-state index contributed by atoms with van der Waals surface area (Å²) >= 11 is 0. The normalized spacial score (nSPS) is 29.1. The quantitative estimate of drug-likeness (QED) is 0.730. The molecule has 2 unspecified atom stereocenters. The van der Waals surface area contributed by atoms with Crippen LogP contribution >= 0.6 is 0 Å². The molecule has 2 fully saturated rings. The van der Waals surface area contributed by atoms with E-state index < -0.39 is 0 Å². The fourth-order valence-corrected chi connectivity index (χ4v) is 4.13. The van der Waals surface area contributed by atoms with Gasteiger partial charge in [0.15, 0.2) is 0 Å². The number of nitrogens with zero attached hydrogens (tertiary/aromatic N) is 1. The second-order valence-electron chi connectivity index (χ2n) is 7.27. The van der Waals surface area contributed by atoms with Crippen molar-refractivity contribution < 1.29 is 4.74 Å². The zero-order chi connectivity index (χ0) is 15.1. The number of rotatable bonds is 7. The lowest BCUT2D eigenvalue weighted by Crippen LogP contribution is -2.60. The van der Waals surface area contributed by atoms with Gasteiger partial charge in [-0.2, -0.15) is 0 Å². The van der Waals surface area contributed by atoms with Gasteiger partial charge in [0.2, 0.25) is 0 Å². The number of piperazine rings is 1. The molecule has 3 nitrogen and oxygen atoms in total. The molecule has 0 aromatic carbocycles. The van der Waals surface area contributed by atoms with Gasteiger partial charge in [0.25, 0.3) is 0 Å². The fraction of sp³-hybridized carbons (Fsp3) is 1.00. The first-order valence-electron chi connectivity index (χ1n) is 9.27. The molecule has 1 heterocycles. The molecular weight excluding hydrogens is 260 g/mol. The van der Waals surface area contributed by atoms with Crippen LogP contribution in [-0.4, -0.2) is 49.8 Å². The number of hydrogen-bond donors (Lipinski definition) is 1. The van der Waals surface area contributed by atoms with Gasteiger partial charge in [-0.3, -0.25) is 4.90 Å². The minimum Gasteiger partial charge on any atom is -0.382 e. The lowest BCUT2D eigenvalue weighted by Gasteiger charge is -2.45. The van der Waals surface area contributed by atoms with E-state index in [1.165, 1.54) is 58.2 Å². The zero-order valence-corrected chi connectivity index (χ0v) is 14.4. The second kappa shape index (κ2) is 9.12. The molecule has 1 N–H and O–H groups in total. The highest BCUT2D eigenvalue weighted by Crippen LogP contribution is 2.29. The van der Waals surface area contributed by atoms with E-state index >= 15 is 0 Å². The average Bonchev–Trinajstić information content (AvgIpc) is 2.52. The summed E-state index contributed by atoms with van der Waals surface area (Å²) in [4.78, 5) is 2.75. The molecule has 1 saturated carbocycles. The van der Waals surface area contributed by atoms with Gasteiger partial charge < -0.3 is 10.1 Å². The Morgan fingerprint density at radius 3 is 2.62 bits per heavy atom.